The van der Waals surface area contributed by atoms with E-state index in [0.29, 0.717) is 6.42 Å². The summed E-state index contributed by atoms with van der Waals surface area (Å²) in [7, 11) is 1.06. The molecule has 0 saturated carbocycles. The number of rotatable bonds is 5. The van der Waals surface area contributed by atoms with E-state index in [1.54, 1.807) is 6.92 Å². The Kier molecular flexibility index (Phi) is 5.70. The van der Waals surface area contributed by atoms with Crippen LogP contribution >= 0.6 is 15.9 Å². The van der Waals surface area contributed by atoms with Crippen LogP contribution in [0.15, 0.2) is 10.7 Å². The van der Waals surface area contributed by atoms with Gasteiger partial charge >= 0.3 is 12.4 Å². The van der Waals surface area contributed by atoms with Crippen molar-refractivity contribution < 1.29 is 26.3 Å². The molecule has 1 atom stereocenters. The fourth-order valence-corrected chi connectivity index (χ4v) is 2.64. The van der Waals surface area contributed by atoms with Crippen LogP contribution in [-0.2, 0) is 6.54 Å². The Labute approximate surface area is 125 Å². The van der Waals surface area contributed by atoms with E-state index < -0.39 is 24.3 Å². The zero-order valence-electron chi connectivity index (χ0n) is 11.2. The third-order valence-corrected chi connectivity index (χ3v) is 3.52. The maximum absolute atomic E-state index is 12.9. The van der Waals surface area contributed by atoms with E-state index in [1.165, 1.54) is 6.20 Å². The summed E-state index contributed by atoms with van der Waals surface area (Å²) in [6.45, 7) is 1.97. The van der Waals surface area contributed by atoms with Gasteiger partial charge in [-0.05, 0) is 29.4 Å². The molecule has 0 aliphatic heterocycles. The smallest absolute Gasteiger partial charge is 0.311 e. The second-order valence-corrected chi connectivity index (χ2v) is 5.28. The molecule has 1 aromatic heterocycles. The maximum Gasteiger partial charge on any atom is 0.402 e. The second kappa shape index (κ2) is 6.55. The molecule has 0 bridgehead atoms. The summed E-state index contributed by atoms with van der Waals surface area (Å²) < 4.78 is 78.6. The van der Waals surface area contributed by atoms with Gasteiger partial charge in [0.1, 0.15) is 0 Å². The molecule has 1 heterocycles. The summed E-state index contributed by atoms with van der Waals surface area (Å²) in [6.07, 6.45) is -9.13. The second-order valence-electron chi connectivity index (χ2n) is 4.43. The monoisotopic (exact) mass is 381 g/mol. The zero-order chi connectivity index (χ0) is 16.4. The van der Waals surface area contributed by atoms with Gasteiger partial charge in [0, 0.05) is 6.54 Å². The standard InChI is InChI=1S/C11H14BrF6N3/c1-3-4-21-8(6(12)5-20-21)7(19-2)9(10(13,14)15)11(16,17)18/h5,7,9,19H,3-4H2,1-2H3. The number of nitrogens with zero attached hydrogens (tertiary/aromatic N) is 2. The molecule has 1 unspecified atom stereocenters. The van der Waals surface area contributed by atoms with Crippen molar-refractivity contribution in [3.63, 3.8) is 0 Å². The highest BCUT2D eigenvalue weighted by Crippen LogP contribution is 2.47. The molecule has 122 valence electrons. The normalized spacial score (nSPS) is 14.8. The average molecular weight is 382 g/mol. The predicted molar refractivity (Wildman–Crippen MR) is 67.6 cm³/mol. The maximum atomic E-state index is 12.9. The first-order chi connectivity index (χ1) is 9.54. The Balaban J connectivity index is 3.37. The minimum Gasteiger partial charge on any atom is -0.311 e. The van der Waals surface area contributed by atoms with Gasteiger partial charge in [0.25, 0.3) is 0 Å². The van der Waals surface area contributed by atoms with Crippen LogP contribution in [-0.4, -0.2) is 29.2 Å². The SMILES string of the molecule is CCCn1ncc(Br)c1C(NC)C(C(F)(F)F)C(F)(F)F. The van der Waals surface area contributed by atoms with Crippen LogP contribution < -0.4 is 5.32 Å². The predicted octanol–water partition coefficient (Wildman–Crippen LogP) is 4.06. The van der Waals surface area contributed by atoms with Crippen molar-refractivity contribution in [2.24, 2.45) is 5.92 Å². The number of aromatic nitrogens is 2. The van der Waals surface area contributed by atoms with Crippen LogP contribution in [0, 0.1) is 5.92 Å². The molecule has 0 spiro atoms. The van der Waals surface area contributed by atoms with Gasteiger partial charge in [-0.25, -0.2) is 0 Å². The molecule has 10 heteroatoms. The number of alkyl halides is 6. The van der Waals surface area contributed by atoms with Crippen LogP contribution in [0.1, 0.15) is 25.1 Å². The Morgan fingerprint density at radius 2 is 1.76 bits per heavy atom. The van der Waals surface area contributed by atoms with E-state index in [4.69, 9.17) is 0 Å². The van der Waals surface area contributed by atoms with Gasteiger partial charge < -0.3 is 5.32 Å². The van der Waals surface area contributed by atoms with Crippen molar-refractivity contribution >= 4 is 15.9 Å². The summed E-state index contributed by atoms with van der Waals surface area (Å²) in [4.78, 5) is 0. The van der Waals surface area contributed by atoms with Gasteiger partial charge in [-0.15, -0.1) is 0 Å². The number of aryl methyl sites for hydroxylation is 1. The lowest BCUT2D eigenvalue weighted by atomic mass is 9.95. The van der Waals surface area contributed by atoms with Gasteiger partial charge in [-0.3, -0.25) is 4.68 Å². The van der Waals surface area contributed by atoms with Gasteiger partial charge in [-0.1, -0.05) is 6.92 Å². The van der Waals surface area contributed by atoms with Crippen molar-refractivity contribution in [1.82, 2.24) is 15.1 Å². The van der Waals surface area contributed by atoms with Gasteiger partial charge in [-0.2, -0.15) is 31.4 Å². The van der Waals surface area contributed by atoms with Gasteiger partial charge in [0.2, 0.25) is 0 Å². The Morgan fingerprint density at radius 3 is 2.14 bits per heavy atom. The minimum absolute atomic E-state index is 0.105. The third-order valence-electron chi connectivity index (χ3n) is 2.91. The molecular weight excluding hydrogens is 368 g/mol. The molecule has 3 nitrogen and oxygen atoms in total. The minimum atomic E-state index is -5.42. The number of hydrogen-bond acceptors (Lipinski definition) is 2. The summed E-state index contributed by atoms with van der Waals surface area (Å²) in [5.74, 6) is -3.52. The molecule has 0 radical (unpaired) electrons. The quantitative estimate of drug-likeness (QED) is 0.779. The van der Waals surface area contributed by atoms with Crippen LogP contribution in [0.4, 0.5) is 26.3 Å². The largest absolute Gasteiger partial charge is 0.402 e. The Hall–Kier alpha value is -0.770. The van der Waals surface area contributed by atoms with Crippen molar-refractivity contribution in [3.05, 3.63) is 16.4 Å². The lowest BCUT2D eigenvalue weighted by Crippen LogP contribution is -2.45. The van der Waals surface area contributed by atoms with E-state index in [2.05, 4.69) is 26.3 Å². The summed E-state index contributed by atoms with van der Waals surface area (Å²) >= 11 is 2.97. The van der Waals surface area contributed by atoms with E-state index in [9.17, 15) is 26.3 Å². The lowest BCUT2D eigenvalue weighted by Gasteiger charge is -2.31. The molecule has 0 aliphatic rings. The van der Waals surface area contributed by atoms with Crippen molar-refractivity contribution in [2.45, 2.75) is 38.3 Å². The first-order valence-electron chi connectivity index (χ1n) is 6.05. The molecule has 1 aromatic rings. The van der Waals surface area contributed by atoms with Crippen LogP contribution in [0.3, 0.4) is 0 Å². The highest BCUT2D eigenvalue weighted by atomic mass is 79.9. The van der Waals surface area contributed by atoms with Crippen LogP contribution in [0.2, 0.25) is 0 Å². The Bertz CT molecular complexity index is 454. The fourth-order valence-electron chi connectivity index (χ4n) is 2.10. The van der Waals surface area contributed by atoms with E-state index in [0.717, 1.165) is 11.7 Å². The molecule has 0 aromatic carbocycles. The Morgan fingerprint density at radius 1 is 1.24 bits per heavy atom. The summed E-state index contributed by atoms with van der Waals surface area (Å²) in [5, 5.41) is 5.94. The topological polar surface area (TPSA) is 29.9 Å². The van der Waals surface area contributed by atoms with E-state index >= 15 is 0 Å². The number of halogens is 7. The van der Waals surface area contributed by atoms with Crippen LogP contribution in [0.5, 0.6) is 0 Å². The van der Waals surface area contributed by atoms with Gasteiger partial charge in [0.05, 0.1) is 22.4 Å². The first-order valence-corrected chi connectivity index (χ1v) is 6.85. The average Bonchev–Trinajstić information content (AvgIpc) is 2.65. The molecule has 0 aliphatic carbocycles. The van der Waals surface area contributed by atoms with Crippen molar-refractivity contribution in [1.29, 1.82) is 0 Å². The molecular formula is C11H14BrF6N3. The summed E-state index contributed by atoms with van der Waals surface area (Å²) in [6, 6.07) is -1.98. The van der Waals surface area contributed by atoms with Crippen LogP contribution in [0.25, 0.3) is 0 Å². The molecule has 21 heavy (non-hydrogen) atoms. The third kappa shape index (κ3) is 4.12. The van der Waals surface area contributed by atoms with Crippen molar-refractivity contribution in [2.75, 3.05) is 7.05 Å². The molecule has 0 fully saturated rings. The van der Waals surface area contributed by atoms with Crippen molar-refractivity contribution in [3.8, 4) is 0 Å². The fraction of sp³-hybridized carbons (Fsp3) is 0.727. The lowest BCUT2D eigenvalue weighted by molar-refractivity contribution is -0.293. The zero-order valence-corrected chi connectivity index (χ0v) is 12.8. The number of hydrogen-bond donors (Lipinski definition) is 1. The van der Waals surface area contributed by atoms with E-state index in [1.807, 2.05) is 0 Å². The molecule has 0 amide bonds. The first kappa shape index (κ1) is 18.3. The highest BCUT2D eigenvalue weighted by molar-refractivity contribution is 9.10. The molecule has 0 saturated heterocycles. The number of nitrogens with one attached hydrogen (secondary N) is 1. The molecule has 1 N–H and O–H groups in total. The summed E-state index contributed by atoms with van der Waals surface area (Å²) in [5.41, 5.74) is -0.168. The highest BCUT2D eigenvalue weighted by Gasteiger charge is 2.61. The van der Waals surface area contributed by atoms with E-state index in [-0.39, 0.29) is 16.7 Å². The van der Waals surface area contributed by atoms with Gasteiger partial charge in [0.15, 0.2) is 5.92 Å². The molecule has 1 rings (SSSR count).